The number of amidine groups is 1. The summed E-state index contributed by atoms with van der Waals surface area (Å²) < 4.78 is 7.41. The molecule has 3 aromatic carbocycles. The number of halogens is 2. The molecule has 0 unspecified atom stereocenters. The molecule has 1 heterocycles. The first-order chi connectivity index (χ1) is 14.5. The van der Waals surface area contributed by atoms with E-state index in [2.05, 4.69) is 31.9 Å². The molecule has 0 radical (unpaired) electrons. The molecule has 0 saturated carbocycles. The summed E-state index contributed by atoms with van der Waals surface area (Å²) in [7, 11) is 0. The van der Waals surface area contributed by atoms with Crippen molar-refractivity contribution in [1.82, 2.24) is 0 Å². The molecule has 0 bridgehead atoms. The van der Waals surface area contributed by atoms with E-state index in [0.29, 0.717) is 18.1 Å². The SMILES string of the molecule is CCOc1ccc(/C=C2/N=C(c3ccc(Br)cc3)N(c3ccc(Br)cc3)C2=O)cc1. The zero-order valence-electron chi connectivity index (χ0n) is 16.2. The van der Waals surface area contributed by atoms with Gasteiger partial charge in [0.15, 0.2) is 0 Å². The Morgan fingerprint density at radius 3 is 2.10 bits per heavy atom. The van der Waals surface area contributed by atoms with E-state index in [4.69, 9.17) is 9.73 Å². The molecule has 0 fully saturated rings. The highest BCUT2D eigenvalue weighted by molar-refractivity contribution is 9.10. The van der Waals surface area contributed by atoms with Crippen molar-refractivity contribution in [2.75, 3.05) is 11.5 Å². The van der Waals surface area contributed by atoms with Crippen LogP contribution in [0.3, 0.4) is 0 Å². The van der Waals surface area contributed by atoms with Crippen LogP contribution in [0.5, 0.6) is 5.75 Å². The second kappa shape index (κ2) is 8.98. The van der Waals surface area contributed by atoms with Gasteiger partial charge in [-0.05, 0) is 67.1 Å². The Kier molecular flexibility index (Phi) is 6.16. The van der Waals surface area contributed by atoms with Crippen LogP contribution in [0.15, 0.2) is 92.4 Å². The summed E-state index contributed by atoms with van der Waals surface area (Å²) in [4.78, 5) is 19.7. The molecule has 30 heavy (non-hydrogen) atoms. The average molecular weight is 526 g/mol. The number of hydrogen-bond acceptors (Lipinski definition) is 3. The molecule has 4 nitrogen and oxygen atoms in total. The van der Waals surface area contributed by atoms with Gasteiger partial charge in [-0.1, -0.05) is 56.1 Å². The minimum Gasteiger partial charge on any atom is -0.494 e. The first kappa shape index (κ1) is 20.6. The Morgan fingerprint density at radius 2 is 1.50 bits per heavy atom. The first-order valence-electron chi connectivity index (χ1n) is 9.44. The van der Waals surface area contributed by atoms with Gasteiger partial charge in [0.1, 0.15) is 17.3 Å². The standard InChI is InChI=1S/C24H18Br2N2O2/c1-2-30-21-13-3-16(4-14-21)15-22-24(29)28(20-11-9-19(26)10-12-20)23(27-22)17-5-7-18(25)8-6-17/h3-15H,2H2,1H3/b22-15+. The molecule has 150 valence electrons. The number of carbonyl (C=O) groups excluding carboxylic acids is 1. The van der Waals surface area contributed by atoms with E-state index in [9.17, 15) is 4.79 Å². The van der Waals surface area contributed by atoms with Crippen molar-refractivity contribution in [3.05, 3.63) is 98.6 Å². The van der Waals surface area contributed by atoms with Crippen molar-refractivity contribution in [3.63, 3.8) is 0 Å². The third-order valence-corrected chi connectivity index (χ3v) is 5.60. The normalized spacial score (nSPS) is 14.9. The highest BCUT2D eigenvalue weighted by Gasteiger charge is 2.32. The summed E-state index contributed by atoms with van der Waals surface area (Å²) in [6, 6.07) is 23.0. The maximum Gasteiger partial charge on any atom is 0.282 e. The number of benzene rings is 3. The van der Waals surface area contributed by atoms with Gasteiger partial charge in [0, 0.05) is 14.5 Å². The summed E-state index contributed by atoms with van der Waals surface area (Å²) in [5.41, 5.74) is 2.91. The summed E-state index contributed by atoms with van der Waals surface area (Å²) in [6.07, 6.45) is 1.80. The number of carbonyl (C=O) groups is 1. The topological polar surface area (TPSA) is 41.9 Å². The fourth-order valence-electron chi connectivity index (χ4n) is 3.12. The van der Waals surface area contributed by atoms with Crippen LogP contribution in [0, 0.1) is 0 Å². The van der Waals surface area contributed by atoms with E-state index in [1.807, 2.05) is 79.7 Å². The highest BCUT2D eigenvalue weighted by atomic mass is 79.9. The molecule has 4 rings (SSSR count). The van der Waals surface area contributed by atoms with Gasteiger partial charge >= 0.3 is 0 Å². The molecule has 6 heteroatoms. The van der Waals surface area contributed by atoms with E-state index in [1.54, 1.807) is 11.0 Å². The predicted molar refractivity (Wildman–Crippen MR) is 128 cm³/mol. The molecule has 1 aliphatic rings. The second-order valence-electron chi connectivity index (χ2n) is 6.59. The van der Waals surface area contributed by atoms with Gasteiger partial charge in [0.2, 0.25) is 0 Å². The molecule has 1 amide bonds. The number of amides is 1. The van der Waals surface area contributed by atoms with Gasteiger partial charge < -0.3 is 4.74 Å². The minimum atomic E-state index is -0.163. The molecule has 1 aliphatic heterocycles. The number of hydrogen-bond donors (Lipinski definition) is 0. The minimum absolute atomic E-state index is 0.163. The molecular weight excluding hydrogens is 508 g/mol. The lowest BCUT2D eigenvalue weighted by Crippen LogP contribution is -2.32. The zero-order chi connectivity index (χ0) is 21.1. The lowest BCUT2D eigenvalue weighted by Gasteiger charge is -2.18. The van der Waals surface area contributed by atoms with Crippen molar-refractivity contribution in [1.29, 1.82) is 0 Å². The number of rotatable bonds is 5. The van der Waals surface area contributed by atoms with E-state index in [-0.39, 0.29) is 5.91 Å². The lowest BCUT2D eigenvalue weighted by atomic mass is 10.1. The van der Waals surface area contributed by atoms with Gasteiger partial charge in [-0.25, -0.2) is 4.99 Å². The number of ether oxygens (including phenoxy) is 1. The van der Waals surface area contributed by atoms with E-state index in [0.717, 1.165) is 31.5 Å². The monoisotopic (exact) mass is 524 g/mol. The van der Waals surface area contributed by atoms with Crippen molar-refractivity contribution in [2.45, 2.75) is 6.92 Å². The molecular formula is C24H18Br2N2O2. The molecule has 0 N–H and O–H groups in total. The van der Waals surface area contributed by atoms with Crippen LogP contribution in [0.4, 0.5) is 5.69 Å². The van der Waals surface area contributed by atoms with Crippen molar-refractivity contribution in [3.8, 4) is 5.75 Å². The Balaban J connectivity index is 1.75. The van der Waals surface area contributed by atoms with Crippen molar-refractivity contribution < 1.29 is 9.53 Å². The molecule has 3 aromatic rings. The summed E-state index contributed by atoms with van der Waals surface area (Å²) >= 11 is 6.91. The molecule has 0 aliphatic carbocycles. The van der Waals surface area contributed by atoms with Crippen LogP contribution in [0.25, 0.3) is 6.08 Å². The molecule has 0 saturated heterocycles. The van der Waals surface area contributed by atoms with Crippen LogP contribution >= 0.6 is 31.9 Å². The average Bonchev–Trinajstić information content (AvgIpc) is 3.07. The Hall–Kier alpha value is -2.70. The summed E-state index contributed by atoms with van der Waals surface area (Å²) in [6.45, 7) is 2.56. The quantitative estimate of drug-likeness (QED) is 0.359. The molecule has 0 aromatic heterocycles. The maximum absolute atomic E-state index is 13.3. The van der Waals surface area contributed by atoms with E-state index >= 15 is 0 Å². The van der Waals surface area contributed by atoms with Crippen LogP contribution in [0.1, 0.15) is 18.1 Å². The van der Waals surface area contributed by atoms with Crippen molar-refractivity contribution in [2.24, 2.45) is 4.99 Å². The number of anilines is 1. The van der Waals surface area contributed by atoms with Crippen LogP contribution < -0.4 is 9.64 Å². The van der Waals surface area contributed by atoms with Gasteiger partial charge in [-0.2, -0.15) is 0 Å². The highest BCUT2D eigenvalue weighted by Crippen LogP contribution is 2.29. The predicted octanol–water partition coefficient (Wildman–Crippen LogP) is 6.44. The fourth-order valence-corrected chi connectivity index (χ4v) is 3.65. The van der Waals surface area contributed by atoms with Crippen LogP contribution in [-0.4, -0.2) is 18.3 Å². The Morgan fingerprint density at radius 1 is 0.900 bits per heavy atom. The Bertz CT molecular complexity index is 1120. The Labute approximate surface area is 192 Å². The largest absolute Gasteiger partial charge is 0.494 e. The summed E-state index contributed by atoms with van der Waals surface area (Å²) in [5, 5.41) is 0. The van der Waals surface area contributed by atoms with E-state index in [1.165, 1.54) is 0 Å². The van der Waals surface area contributed by atoms with Crippen molar-refractivity contribution >= 4 is 55.4 Å². The third-order valence-electron chi connectivity index (χ3n) is 4.54. The van der Waals surface area contributed by atoms with Crippen LogP contribution in [0.2, 0.25) is 0 Å². The first-order valence-corrected chi connectivity index (χ1v) is 11.0. The number of aliphatic imine (C=N–C) groups is 1. The van der Waals surface area contributed by atoms with Gasteiger partial charge in [-0.15, -0.1) is 0 Å². The number of nitrogens with zero attached hydrogens (tertiary/aromatic N) is 2. The fraction of sp³-hybridized carbons (Fsp3) is 0.0833. The van der Waals surface area contributed by atoms with Gasteiger partial charge in [0.05, 0.1) is 12.3 Å². The second-order valence-corrected chi connectivity index (χ2v) is 8.42. The summed E-state index contributed by atoms with van der Waals surface area (Å²) in [5.74, 6) is 1.24. The van der Waals surface area contributed by atoms with Crippen LogP contribution in [-0.2, 0) is 4.79 Å². The zero-order valence-corrected chi connectivity index (χ0v) is 19.4. The van der Waals surface area contributed by atoms with Gasteiger partial charge in [-0.3, -0.25) is 9.69 Å². The third kappa shape index (κ3) is 4.40. The van der Waals surface area contributed by atoms with Gasteiger partial charge in [0.25, 0.3) is 5.91 Å². The van der Waals surface area contributed by atoms with E-state index < -0.39 is 0 Å². The smallest absolute Gasteiger partial charge is 0.282 e. The maximum atomic E-state index is 13.3. The lowest BCUT2D eigenvalue weighted by molar-refractivity contribution is -0.113. The molecule has 0 atom stereocenters. The molecule has 0 spiro atoms.